The average Bonchev–Trinajstić information content (AvgIpc) is 2.29. The first-order valence-corrected chi connectivity index (χ1v) is 5.78. The van der Waals surface area contributed by atoms with E-state index in [1.165, 1.54) is 6.07 Å². The number of nitrogens with one attached hydrogen (secondary N) is 1. The standard InChI is InChI=1S/C11H10BrN3O3/c1-6-7(2)11(14-10(16)3-4-13)9(15(17)18)5-8(6)12/h5H,3H2,1-2H3,(H,14,16). The SMILES string of the molecule is Cc1c(Br)cc([N+](=O)[O-])c(NC(=O)CC#N)c1C. The molecule has 0 heterocycles. The minimum Gasteiger partial charge on any atom is -0.319 e. The lowest BCUT2D eigenvalue weighted by molar-refractivity contribution is -0.384. The van der Waals surface area contributed by atoms with E-state index in [1.54, 1.807) is 19.9 Å². The maximum absolute atomic E-state index is 11.4. The van der Waals surface area contributed by atoms with Gasteiger partial charge in [-0.1, -0.05) is 15.9 Å². The molecule has 94 valence electrons. The molecule has 1 aromatic rings. The lowest BCUT2D eigenvalue weighted by Crippen LogP contribution is -2.13. The van der Waals surface area contributed by atoms with Crippen molar-refractivity contribution in [3.05, 3.63) is 31.8 Å². The molecular weight excluding hydrogens is 302 g/mol. The van der Waals surface area contributed by atoms with Crippen molar-refractivity contribution in [2.45, 2.75) is 20.3 Å². The van der Waals surface area contributed by atoms with Crippen LogP contribution < -0.4 is 5.32 Å². The molecule has 0 aromatic heterocycles. The number of carbonyl (C=O) groups excluding carboxylic acids is 1. The molecule has 0 aliphatic carbocycles. The van der Waals surface area contributed by atoms with Crippen LogP contribution in [-0.4, -0.2) is 10.8 Å². The Morgan fingerprint density at radius 3 is 2.67 bits per heavy atom. The van der Waals surface area contributed by atoms with Gasteiger partial charge in [0.1, 0.15) is 12.1 Å². The second-order valence-corrected chi connectivity index (χ2v) is 4.50. The van der Waals surface area contributed by atoms with E-state index in [-0.39, 0.29) is 17.8 Å². The number of hydrogen-bond donors (Lipinski definition) is 1. The van der Waals surface area contributed by atoms with Crippen LogP contribution in [0.5, 0.6) is 0 Å². The Balaban J connectivity index is 3.32. The quantitative estimate of drug-likeness (QED) is 0.685. The number of nitriles is 1. The minimum absolute atomic E-state index is 0.140. The van der Waals surface area contributed by atoms with Crippen molar-refractivity contribution in [3.63, 3.8) is 0 Å². The number of halogens is 1. The van der Waals surface area contributed by atoms with Gasteiger partial charge in [0.05, 0.1) is 11.0 Å². The van der Waals surface area contributed by atoms with Crippen LogP contribution in [0.3, 0.4) is 0 Å². The van der Waals surface area contributed by atoms with Crippen LogP contribution in [0, 0.1) is 35.3 Å². The van der Waals surface area contributed by atoms with Crippen LogP contribution in [-0.2, 0) is 4.79 Å². The van der Waals surface area contributed by atoms with Crippen molar-refractivity contribution in [3.8, 4) is 6.07 Å². The van der Waals surface area contributed by atoms with Crippen molar-refractivity contribution < 1.29 is 9.72 Å². The largest absolute Gasteiger partial charge is 0.319 e. The van der Waals surface area contributed by atoms with E-state index in [2.05, 4.69) is 21.2 Å². The third kappa shape index (κ3) is 2.84. The summed E-state index contributed by atoms with van der Waals surface area (Å²) in [7, 11) is 0. The number of carbonyl (C=O) groups is 1. The summed E-state index contributed by atoms with van der Waals surface area (Å²) in [6.07, 6.45) is -0.342. The maximum Gasteiger partial charge on any atom is 0.294 e. The highest BCUT2D eigenvalue weighted by atomic mass is 79.9. The van der Waals surface area contributed by atoms with Gasteiger partial charge in [0.25, 0.3) is 5.69 Å². The topological polar surface area (TPSA) is 96.0 Å². The van der Waals surface area contributed by atoms with Gasteiger partial charge in [-0.25, -0.2) is 0 Å². The van der Waals surface area contributed by atoms with Crippen LogP contribution >= 0.6 is 15.9 Å². The van der Waals surface area contributed by atoms with Crippen molar-refractivity contribution in [1.29, 1.82) is 5.26 Å². The van der Waals surface area contributed by atoms with Crippen LogP contribution in [0.25, 0.3) is 0 Å². The summed E-state index contributed by atoms with van der Waals surface area (Å²) in [5, 5.41) is 21.8. The van der Waals surface area contributed by atoms with E-state index < -0.39 is 10.8 Å². The predicted octanol–water partition coefficient (Wildman–Crippen LogP) is 2.83. The molecular formula is C11H10BrN3O3. The summed E-state index contributed by atoms with van der Waals surface area (Å²) in [4.78, 5) is 21.7. The normalized spacial score (nSPS) is 9.67. The number of anilines is 1. The zero-order valence-corrected chi connectivity index (χ0v) is 11.4. The van der Waals surface area contributed by atoms with E-state index in [0.29, 0.717) is 10.0 Å². The molecule has 0 radical (unpaired) electrons. The molecule has 0 saturated heterocycles. The smallest absolute Gasteiger partial charge is 0.294 e. The Morgan fingerprint density at radius 2 is 2.17 bits per heavy atom. The number of nitrogens with zero attached hydrogens (tertiary/aromatic N) is 2. The maximum atomic E-state index is 11.4. The van der Waals surface area contributed by atoms with Gasteiger partial charge in [0.2, 0.25) is 5.91 Å². The lowest BCUT2D eigenvalue weighted by Gasteiger charge is -2.11. The fourth-order valence-corrected chi connectivity index (χ4v) is 1.93. The first-order valence-electron chi connectivity index (χ1n) is 4.99. The summed E-state index contributed by atoms with van der Waals surface area (Å²) in [5.41, 5.74) is 1.34. The van der Waals surface area contributed by atoms with Gasteiger partial charge in [-0.3, -0.25) is 14.9 Å². The number of benzene rings is 1. The number of nitro groups is 1. The molecule has 18 heavy (non-hydrogen) atoms. The number of hydrogen-bond acceptors (Lipinski definition) is 4. The molecule has 0 atom stereocenters. The lowest BCUT2D eigenvalue weighted by atomic mass is 10.1. The molecule has 0 unspecified atom stereocenters. The monoisotopic (exact) mass is 311 g/mol. The Morgan fingerprint density at radius 1 is 1.56 bits per heavy atom. The Hall–Kier alpha value is -1.94. The van der Waals surface area contributed by atoms with Gasteiger partial charge in [-0.2, -0.15) is 5.26 Å². The molecule has 0 fully saturated rings. The summed E-state index contributed by atoms with van der Waals surface area (Å²) in [6.45, 7) is 3.46. The average molecular weight is 312 g/mol. The Bertz CT molecular complexity index is 564. The zero-order valence-electron chi connectivity index (χ0n) is 9.78. The fraction of sp³-hybridized carbons (Fsp3) is 0.273. The van der Waals surface area contributed by atoms with Crippen molar-refractivity contribution in [2.75, 3.05) is 5.32 Å². The molecule has 1 amide bonds. The third-order valence-electron chi connectivity index (χ3n) is 2.52. The Labute approximate surface area is 112 Å². The van der Waals surface area contributed by atoms with Crippen LogP contribution in [0.1, 0.15) is 17.5 Å². The second kappa shape index (κ2) is 5.60. The zero-order chi connectivity index (χ0) is 13.9. The predicted molar refractivity (Wildman–Crippen MR) is 69.1 cm³/mol. The van der Waals surface area contributed by atoms with Crippen LogP contribution in [0.15, 0.2) is 10.5 Å². The van der Waals surface area contributed by atoms with Gasteiger partial charge in [0, 0.05) is 10.5 Å². The minimum atomic E-state index is -0.570. The van der Waals surface area contributed by atoms with E-state index in [1.807, 2.05) is 0 Å². The first kappa shape index (κ1) is 14.1. The van der Waals surface area contributed by atoms with Gasteiger partial charge in [-0.15, -0.1) is 0 Å². The van der Waals surface area contributed by atoms with Gasteiger partial charge in [-0.05, 0) is 25.0 Å². The molecule has 7 heteroatoms. The van der Waals surface area contributed by atoms with Crippen LogP contribution in [0.4, 0.5) is 11.4 Å². The molecule has 1 aromatic carbocycles. The molecule has 0 aliphatic rings. The summed E-state index contributed by atoms with van der Waals surface area (Å²) in [6, 6.07) is 3.03. The highest BCUT2D eigenvalue weighted by molar-refractivity contribution is 9.10. The molecule has 0 spiro atoms. The van der Waals surface area contributed by atoms with E-state index >= 15 is 0 Å². The van der Waals surface area contributed by atoms with Crippen molar-refractivity contribution in [2.24, 2.45) is 0 Å². The Kier molecular flexibility index (Phi) is 4.39. The van der Waals surface area contributed by atoms with E-state index in [0.717, 1.165) is 5.56 Å². The highest BCUT2D eigenvalue weighted by Gasteiger charge is 2.21. The molecule has 0 aliphatic heterocycles. The first-order chi connectivity index (χ1) is 8.38. The van der Waals surface area contributed by atoms with Gasteiger partial charge >= 0.3 is 0 Å². The third-order valence-corrected chi connectivity index (χ3v) is 3.34. The van der Waals surface area contributed by atoms with Crippen molar-refractivity contribution in [1.82, 2.24) is 0 Å². The number of rotatable bonds is 3. The number of amides is 1. The van der Waals surface area contributed by atoms with Gasteiger partial charge in [0.15, 0.2) is 0 Å². The molecule has 6 nitrogen and oxygen atoms in total. The van der Waals surface area contributed by atoms with Crippen LogP contribution in [0.2, 0.25) is 0 Å². The summed E-state index contributed by atoms with van der Waals surface area (Å²) < 4.78 is 0.602. The molecule has 0 bridgehead atoms. The van der Waals surface area contributed by atoms with Crippen molar-refractivity contribution >= 4 is 33.2 Å². The molecule has 1 N–H and O–H groups in total. The second-order valence-electron chi connectivity index (χ2n) is 3.64. The molecule has 0 saturated carbocycles. The van der Waals surface area contributed by atoms with Gasteiger partial charge < -0.3 is 5.32 Å². The summed E-state index contributed by atoms with van der Waals surface area (Å²) >= 11 is 3.23. The van der Waals surface area contributed by atoms with E-state index in [4.69, 9.17) is 5.26 Å². The fourth-order valence-electron chi connectivity index (χ4n) is 1.42. The molecule has 1 rings (SSSR count). The summed E-state index contributed by atoms with van der Waals surface area (Å²) in [5.74, 6) is -0.564. The highest BCUT2D eigenvalue weighted by Crippen LogP contribution is 2.35. The number of nitro benzene ring substituents is 1. The van der Waals surface area contributed by atoms with E-state index in [9.17, 15) is 14.9 Å².